The van der Waals surface area contributed by atoms with Crippen molar-refractivity contribution in [2.75, 3.05) is 5.73 Å². The van der Waals surface area contributed by atoms with Gasteiger partial charge in [-0.3, -0.25) is 0 Å². The molecular formula is C14H17NO2. The lowest BCUT2D eigenvalue weighted by molar-refractivity contribution is -0.145. The normalized spacial score (nSPS) is 16.3. The second kappa shape index (κ2) is 4.62. The fourth-order valence-corrected chi connectivity index (χ4v) is 1.74. The molecule has 2 rings (SSSR count). The van der Waals surface area contributed by atoms with Crippen molar-refractivity contribution in [1.82, 2.24) is 0 Å². The number of carbonyl (C=O) groups excluding carboxylic acids is 1. The molecule has 3 heteroatoms. The Bertz CT molecular complexity index is 432. The average Bonchev–Trinajstić information content (AvgIpc) is 3.10. The summed E-state index contributed by atoms with van der Waals surface area (Å²) in [5.74, 6) is 0.126. The Hall–Kier alpha value is -1.77. The molecule has 1 aliphatic rings. The van der Waals surface area contributed by atoms with Crippen LogP contribution >= 0.6 is 0 Å². The van der Waals surface area contributed by atoms with Gasteiger partial charge in [-0.15, -0.1) is 0 Å². The van der Waals surface area contributed by atoms with E-state index in [2.05, 4.69) is 6.58 Å². The van der Waals surface area contributed by atoms with Crippen molar-refractivity contribution in [2.45, 2.75) is 25.9 Å². The number of rotatable bonds is 4. The fourth-order valence-electron chi connectivity index (χ4n) is 1.74. The predicted octanol–water partition coefficient (Wildman–Crippen LogP) is 2.84. The third kappa shape index (κ3) is 2.87. The number of hydrogen-bond acceptors (Lipinski definition) is 3. The summed E-state index contributed by atoms with van der Waals surface area (Å²) < 4.78 is 5.48. The van der Waals surface area contributed by atoms with Gasteiger partial charge < -0.3 is 10.5 Å². The van der Waals surface area contributed by atoms with Gasteiger partial charge in [0.15, 0.2) is 0 Å². The highest BCUT2D eigenvalue weighted by Crippen LogP contribution is 2.43. The van der Waals surface area contributed by atoms with E-state index in [0.29, 0.717) is 11.5 Å². The Morgan fingerprint density at radius 3 is 2.47 bits per heavy atom. The van der Waals surface area contributed by atoms with Crippen molar-refractivity contribution in [1.29, 1.82) is 0 Å². The third-order valence-electron chi connectivity index (χ3n) is 2.90. The summed E-state index contributed by atoms with van der Waals surface area (Å²) >= 11 is 0. The first-order valence-electron chi connectivity index (χ1n) is 5.80. The van der Waals surface area contributed by atoms with Crippen LogP contribution in [-0.2, 0) is 9.53 Å². The molecule has 1 fully saturated rings. The van der Waals surface area contributed by atoms with Crippen molar-refractivity contribution in [3.05, 3.63) is 42.0 Å². The molecule has 0 saturated heterocycles. The van der Waals surface area contributed by atoms with Gasteiger partial charge in [0, 0.05) is 17.2 Å². The van der Waals surface area contributed by atoms with Crippen LogP contribution in [0.15, 0.2) is 36.4 Å². The minimum Gasteiger partial charge on any atom is -0.454 e. The predicted molar refractivity (Wildman–Crippen MR) is 67.2 cm³/mol. The Morgan fingerprint density at radius 1 is 1.41 bits per heavy atom. The van der Waals surface area contributed by atoms with Crippen LogP contribution < -0.4 is 5.73 Å². The molecule has 0 bridgehead atoms. The van der Waals surface area contributed by atoms with E-state index in [0.717, 1.165) is 24.1 Å². The summed E-state index contributed by atoms with van der Waals surface area (Å²) in [4.78, 5) is 11.6. The van der Waals surface area contributed by atoms with Crippen LogP contribution in [0, 0.1) is 5.92 Å². The summed E-state index contributed by atoms with van der Waals surface area (Å²) in [6.45, 7) is 5.26. The maximum atomic E-state index is 11.6. The van der Waals surface area contributed by atoms with E-state index >= 15 is 0 Å². The van der Waals surface area contributed by atoms with Crippen molar-refractivity contribution in [3.8, 4) is 0 Å². The number of hydrogen-bond donors (Lipinski definition) is 1. The summed E-state index contributed by atoms with van der Waals surface area (Å²) in [6.07, 6.45) is 2.07. The van der Waals surface area contributed by atoms with E-state index in [-0.39, 0.29) is 12.1 Å². The van der Waals surface area contributed by atoms with E-state index in [1.165, 1.54) is 0 Å². The van der Waals surface area contributed by atoms with Gasteiger partial charge in [0.1, 0.15) is 6.10 Å². The largest absolute Gasteiger partial charge is 0.454 e. The molecule has 2 N–H and O–H groups in total. The number of nitrogen functional groups attached to an aromatic ring is 1. The van der Waals surface area contributed by atoms with Crippen molar-refractivity contribution in [3.63, 3.8) is 0 Å². The SMILES string of the molecule is C=C(C)C(=O)OC(c1ccc(N)cc1)C1CC1. The summed E-state index contributed by atoms with van der Waals surface area (Å²) in [5.41, 5.74) is 7.81. The van der Waals surface area contributed by atoms with E-state index in [1.54, 1.807) is 6.92 Å². The number of benzene rings is 1. The van der Waals surface area contributed by atoms with Crippen LogP contribution in [0.2, 0.25) is 0 Å². The molecule has 0 spiro atoms. The Kier molecular flexibility index (Phi) is 3.18. The number of nitrogens with two attached hydrogens (primary N) is 1. The minimum absolute atomic E-state index is 0.153. The van der Waals surface area contributed by atoms with E-state index < -0.39 is 0 Å². The molecule has 3 nitrogen and oxygen atoms in total. The first-order chi connectivity index (χ1) is 8.08. The lowest BCUT2D eigenvalue weighted by Gasteiger charge is -2.18. The van der Waals surface area contributed by atoms with Gasteiger partial charge in [-0.25, -0.2) is 4.79 Å². The maximum absolute atomic E-state index is 11.6. The summed E-state index contributed by atoms with van der Waals surface area (Å²) in [6, 6.07) is 7.51. The van der Waals surface area contributed by atoms with E-state index in [9.17, 15) is 4.79 Å². The quantitative estimate of drug-likeness (QED) is 0.492. The second-order valence-electron chi connectivity index (χ2n) is 4.61. The molecule has 1 atom stereocenters. The van der Waals surface area contributed by atoms with Crippen molar-refractivity contribution >= 4 is 11.7 Å². The highest BCUT2D eigenvalue weighted by molar-refractivity contribution is 5.87. The monoisotopic (exact) mass is 231 g/mol. The molecule has 1 aromatic carbocycles. The molecule has 0 radical (unpaired) electrons. The van der Waals surface area contributed by atoms with Gasteiger partial charge in [0.25, 0.3) is 0 Å². The summed E-state index contributed by atoms with van der Waals surface area (Å²) in [7, 11) is 0. The molecule has 0 heterocycles. The van der Waals surface area contributed by atoms with Gasteiger partial charge in [0.2, 0.25) is 0 Å². The molecule has 1 saturated carbocycles. The van der Waals surface area contributed by atoms with E-state index in [1.807, 2.05) is 24.3 Å². The zero-order valence-corrected chi connectivity index (χ0v) is 9.98. The molecular weight excluding hydrogens is 214 g/mol. The molecule has 0 aromatic heterocycles. The fraction of sp³-hybridized carbons (Fsp3) is 0.357. The molecule has 1 unspecified atom stereocenters. The van der Waals surface area contributed by atoms with Crippen LogP contribution in [0.4, 0.5) is 5.69 Å². The van der Waals surface area contributed by atoms with Gasteiger partial charge in [-0.2, -0.15) is 0 Å². The lowest BCUT2D eigenvalue weighted by atomic mass is 10.0. The number of carbonyl (C=O) groups is 1. The molecule has 1 aliphatic carbocycles. The van der Waals surface area contributed by atoms with Crippen LogP contribution in [0.5, 0.6) is 0 Å². The lowest BCUT2D eigenvalue weighted by Crippen LogP contribution is -2.13. The van der Waals surface area contributed by atoms with Crippen molar-refractivity contribution < 1.29 is 9.53 Å². The number of esters is 1. The molecule has 90 valence electrons. The van der Waals surface area contributed by atoms with Crippen molar-refractivity contribution in [2.24, 2.45) is 5.92 Å². The van der Waals surface area contributed by atoms with Gasteiger partial charge in [-0.1, -0.05) is 18.7 Å². The molecule has 1 aromatic rings. The average molecular weight is 231 g/mol. The van der Waals surface area contributed by atoms with Gasteiger partial charge >= 0.3 is 5.97 Å². The second-order valence-corrected chi connectivity index (χ2v) is 4.61. The standard InChI is InChI=1S/C14H17NO2/c1-9(2)14(16)17-13(10-3-4-10)11-5-7-12(15)8-6-11/h5-8,10,13H,1,3-4,15H2,2H3. The number of anilines is 1. The molecule has 0 amide bonds. The first kappa shape index (κ1) is 11.7. The van der Waals surface area contributed by atoms with Crippen LogP contribution in [0.1, 0.15) is 31.4 Å². The highest BCUT2D eigenvalue weighted by Gasteiger charge is 2.35. The van der Waals surface area contributed by atoms with Gasteiger partial charge in [0.05, 0.1) is 0 Å². The third-order valence-corrected chi connectivity index (χ3v) is 2.90. The smallest absolute Gasteiger partial charge is 0.333 e. The first-order valence-corrected chi connectivity index (χ1v) is 5.80. The van der Waals surface area contributed by atoms with Crippen LogP contribution in [-0.4, -0.2) is 5.97 Å². The highest BCUT2D eigenvalue weighted by atomic mass is 16.5. The zero-order valence-electron chi connectivity index (χ0n) is 9.98. The van der Waals surface area contributed by atoms with E-state index in [4.69, 9.17) is 10.5 Å². The van der Waals surface area contributed by atoms with Crippen LogP contribution in [0.25, 0.3) is 0 Å². The molecule has 17 heavy (non-hydrogen) atoms. The van der Waals surface area contributed by atoms with Crippen LogP contribution in [0.3, 0.4) is 0 Å². The Labute approximate surface area is 101 Å². The number of ether oxygens (including phenoxy) is 1. The minimum atomic E-state index is -0.321. The van der Waals surface area contributed by atoms with Gasteiger partial charge in [-0.05, 0) is 37.5 Å². The summed E-state index contributed by atoms with van der Waals surface area (Å²) in [5, 5.41) is 0. The Morgan fingerprint density at radius 2 is 2.00 bits per heavy atom. The Balaban J connectivity index is 2.14. The molecule has 0 aliphatic heterocycles. The zero-order chi connectivity index (χ0) is 12.4. The maximum Gasteiger partial charge on any atom is 0.333 e. The topological polar surface area (TPSA) is 52.3 Å².